The monoisotopic (exact) mass is 388 g/mol. The number of nitriles is 1. The number of amides is 1. The molecule has 2 aromatic rings. The number of anilines is 1. The summed E-state index contributed by atoms with van der Waals surface area (Å²) >= 11 is 7.29. The zero-order chi connectivity index (χ0) is 18.9. The van der Waals surface area contributed by atoms with E-state index in [1.165, 1.54) is 28.6 Å². The molecule has 1 N–H and O–H groups in total. The second-order valence-corrected chi connectivity index (χ2v) is 9.21. The molecule has 1 aliphatic rings. The van der Waals surface area contributed by atoms with Gasteiger partial charge in [0.25, 0.3) is 0 Å². The fourth-order valence-electron chi connectivity index (χ4n) is 3.28. The van der Waals surface area contributed by atoms with Crippen LogP contribution in [0.3, 0.4) is 0 Å². The molecule has 0 aromatic carbocycles. The molecule has 0 aliphatic heterocycles. The second-order valence-electron chi connectivity index (χ2n) is 7.67. The van der Waals surface area contributed by atoms with Gasteiger partial charge in [0.1, 0.15) is 16.9 Å². The lowest BCUT2D eigenvalue weighted by molar-refractivity contribution is -0.115. The molecule has 3 rings (SSSR count). The molecule has 1 unspecified atom stereocenters. The van der Waals surface area contributed by atoms with E-state index in [-0.39, 0.29) is 17.7 Å². The maximum atomic E-state index is 12.3. The van der Waals surface area contributed by atoms with Gasteiger partial charge < -0.3 is 5.32 Å². The first-order valence-electron chi connectivity index (χ1n) is 8.59. The molecule has 2 heterocycles. The molecule has 2 aromatic heterocycles. The number of nitrogens with one attached hydrogen (secondary N) is 1. The van der Waals surface area contributed by atoms with Crippen molar-refractivity contribution in [2.24, 2.45) is 11.3 Å². The molecule has 1 amide bonds. The predicted molar refractivity (Wildman–Crippen MR) is 103 cm³/mol. The van der Waals surface area contributed by atoms with E-state index < -0.39 is 0 Å². The van der Waals surface area contributed by atoms with Gasteiger partial charge in [0.2, 0.25) is 5.91 Å². The Morgan fingerprint density at radius 1 is 1.42 bits per heavy atom. The highest BCUT2D eigenvalue weighted by atomic mass is 35.5. The summed E-state index contributed by atoms with van der Waals surface area (Å²) in [6.45, 7) is 6.78. The fraction of sp³-hybridized carbons (Fsp3) is 0.474. The molecule has 0 fully saturated rings. The van der Waals surface area contributed by atoms with Crippen molar-refractivity contribution < 1.29 is 4.79 Å². The van der Waals surface area contributed by atoms with Crippen LogP contribution in [0.1, 0.15) is 49.0 Å². The first-order valence-corrected chi connectivity index (χ1v) is 9.78. The summed E-state index contributed by atoms with van der Waals surface area (Å²) in [5, 5.41) is 13.5. The van der Waals surface area contributed by atoms with Crippen molar-refractivity contribution >= 4 is 33.8 Å². The van der Waals surface area contributed by atoms with Crippen LogP contribution in [0.5, 0.6) is 0 Å². The average molecular weight is 389 g/mol. The lowest BCUT2D eigenvalue weighted by atomic mass is 9.72. The third kappa shape index (κ3) is 4.05. The molecule has 0 saturated heterocycles. The zero-order valence-electron chi connectivity index (χ0n) is 15.1. The summed E-state index contributed by atoms with van der Waals surface area (Å²) in [5.74, 6) is 0.764. The molecule has 136 valence electrons. The van der Waals surface area contributed by atoms with E-state index in [1.54, 1.807) is 0 Å². The van der Waals surface area contributed by atoms with Gasteiger partial charge in [0.15, 0.2) is 0 Å². The summed E-state index contributed by atoms with van der Waals surface area (Å²) in [7, 11) is 0. The number of fused-ring (bicyclic) bond motifs is 1. The van der Waals surface area contributed by atoms with E-state index in [4.69, 9.17) is 11.6 Å². The van der Waals surface area contributed by atoms with Crippen LogP contribution in [0, 0.1) is 22.7 Å². The number of thiophene rings is 1. The fourth-order valence-corrected chi connectivity index (χ4v) is 4.67. The smallest absolute Gasteiger partial charge is 0.232 e. The van der Waals surface area contributed by atoms with Gasteiger partial charge in [-0.3, -0.25) is 4.79 Å². The Labute approximate surface area is 162 Å². The average Bonchev–Trinajstić information content (AvgIpc) is 2.92. The number of hydrogen-bond acceptors (Lipinski definition) is 5. The Balaban J connectivity index is 1.77. The lowest BCUT2D eigenvalue weighted by Crippen LogP contribution is -2.26. The number of aromatic nitrogens is 2. The van der Waals surface area contributed by atoms with Gasteiger partial charge >= 0.3 is 0 Å². The van der Waals surface area contributed by atoms with E-state index in [9.17, 15) is 10.1 Å². The number of carbonyl (C=O) groups is 1. The quantitative estimate of drug-likeness (QED) is 0.845. The highest BCUT2D eigenvalue weighted by molar-refractivity contribution is 7.16. The molecule has 26 heavy (non-hydrogen) atoms. The van der Waals surface area contributed by atoms with Crippen LogP contribution < -0.4 is 5.32 Å². The van der Waals surface area contributed by atoms with Crippen LogP contribution in [0.15, 0.2) is 12.4 Å². The highest BCUT2D eigenvalue weighted by Crippen LogP contribution is 2.43. The number of rotatable bonds is 3. The van der Waals surface area contributed by atoms with E-state index in [0.29, 0.717) is 27.3 Å². The van der Waals surface area contributed by atoms with Gasteiger partial charge in [-0.15, -0.1) is 11.3 Å². The largest absolute Gasteiger partial charge is 0.316 e. The SMILES string of the molecule is CC(C)(C)C1CCc2c(sc(NC(=O)Cc3ncc(Cl)cn3)c2C#N)C1. The highest BCUT2D eigenvalue weighted by Gasteiger charge is 2.32. The third-order valence-corrected chi connectivity index (χ3v) is 6.21. The van der Waals surface area contributed by atoms with Gasteiger partial charge in [-0.05, 0) is 36.2 Å². The Hall–Kier alpha value is -1.97. The summed E-state index contributed by atoms with van der Waals surface area (Å²) in [6, 6.07) is 2.28. The molecule has 0 spiro atoms. The Morgan fingerprint density at radius 2 is 2.12 bits per heavy atom. The topological polar surface area (TPSA) is 78.7 Å². The first-order chi connectivity index (χ1) is 12.3. The Morgan fingerprint density at radius 3 is 2.73 bits per heavy atom. The molecule has 1 aliphatic carbocycles. The van der Waals surface area contributed by atoms with Crippen molar-refractivity contribution in [3.8, 4) is 6.07 Å². The predicted octanol–water partition coefficient (Wildman–Crippen LogP) is 4.40. The normalized spacial score (nSPS) is 16.7. The maximum Gasteiger partial charge on any atom is 0.232 e. The minimum absolute atomic E-state index is 0.0508. The summed E-state index contributed by atoms with van der Waals surface area (Å²) in [4.78, 5) is 21.7. The second kappa shape index (κ2) is 7.34. The van der Waals surface area contributed by atoms with Gasteiger partial charge in [-0.1, -0.05) is 32.4 Å². The van der Waals surface area contributed by atoms with Gasteiger partial charge in [0.05, 0.1) is 17.0 Å². The van der Waals surface area contributed by atoms with Crippen molar-refractivity contribution in [2.45, 2.75) is 46.5 Å². The van der Waals surface area contributed by atoms with E-state index in [0.717, 1.165) is 24.8 Å². The minimum atomic E-state index is -0.227. The Bertz CT molecular complexity index is 861. The molecular weight excluding hydrogens is 368 g/mol. The summed E-state index contributed by atoms with van der Waals surface area (Å²) < 4.78 is 0. The first kappa shape index (κ1) is 18.8. The number of carbonyl (C=O) groups excluding carboxylic acids is 1. The van der Waals surface area contributed by atoms with Crippen molar-refractivity contribution in [3.63, 3.8) is 0 Å². The van der Waals surface area contributed by atoms with E-state index in [2.05, 4.69) is 42.1 Å². The van der Waals surface area contributed by atoms with Gasteiger partial charge in [0, 0.05) is 17.3 Å². The third-order valence-electron chi connectivity index (χ3n) is 4.85. The summed E-state index contributed by atoms with van der Waals surface area (Å²) in [5.41, 5.74) is 1.96. The van der Waals surface area contributed by atoms with Crippen LogP contribution in [0.4, 0.5) is 5.00 Å². The van der Waals surface area contributed by atoms with Crippen molar-refractivity contribution in [3.05, 3.63) is 39.2 Å². The molecule has 0 saturated carbocycles. The number of nitrogens with zero attached hydrogens (tertiary/aromatic N) is 3. The number of hydrogen-bond donors (Lipinski definition) is 1. The zero-order valence-corrected chi connectivity index (χ0v) is 16.7. The van der Waals surface area contributed by atoms with Crippen LogP contribution >= 0.6 is 22.9 Å². The van der Waals surface area contributed by atoms with E-state index >= 15 is 0 Å². The van der Waals surface area contributed by atoms with Crippen LogP contribution in [0.2, 0.25) is 5.02 Å². The standard InChI is InChI=1S/C19H21ClN4OS/c1-19(2,3)11-4-5-13-14(8-21)18(26-15(13)6-11)24-17(25)7-16-22-9-12(20)10-23-16/h9-11H,4-7H2,1-3H3,(H,24,25). The van der Waals surface area contributed by atoms with E-state index in [1.807, 2.05) is 0 Å². The lowest BCUT2D eigenvalue weighted by Gasteiger charge is -2.33. The minimum Gasteiger partial charge on any atom is -0.316 e. The van der Waals surface area contributed by atoms with Crippen molar-refractivity contribution in [1.82, 2.24) is 9.97 Å². The van der Waals surface area contributed by atoms with Gasteiger partial charge in [-0.25, -0.2) is 9.97 Å². The summed E-state index contributed by atoms with van der Waals surface area (Å²) in [6.07, 6.45) is 5.92. The molecular formula is C19H21ClN4OS. The molecule has 1 atom stereocenters. The number of halogens is 1. The van der Waals surface area contributed by atoms with Crippen molar-refractivity contribution in [1.29, 1.82) is 5.26 Å². The van der Waals surface area contributed by atoms with Crippen LogP contribution in [0.25, 0.3) is 0 Å². The van der Waals surface area contributed by atoms with Crippen LogP contribution in [-0.2, 0) is 24.1 Å². The maximum absolute atomic E-state index is 12.3. The Kier molecular flexibility index (Phi) is 5.31. The van der Waals surface area contributed by atoms with Crippen LogP contribution in [-0.4, -0.2) is 15.9 Å². The molecule has 7 heteroatoms. The molecule has 5 nitrogen and oxygen atoms in total. The molecule has 0 bridgehead atoms. The van der Waals surface area contributed by atoms with Crippen molar-refractivity contribution in [2.75, 3.05) is 5.32 Å². The molecule has 0 radical (unpaired) electrons. The van der Waals surface area contributed by atoms with Gasteiger partial charge in [-0.2, -0.15) is 5.26 Å².